The summed E-state index contributed by atoms with van der Waals surface area (Å²) in [6.45, 7) is 2.63. The minimum atomic E-state index is -4.80. The predicted molar refractivity (Wildman–Crippen MR) is 147 cm³/mol. The average molecular weight is 596 g/mol. The SMILES string of the molecule is CC[C@@H](C(=O)NC)N(Cc1ccc(C)cc1)C(=O)CN(c1cc(C(F)(F)F)ccc1Cl)S(=O)(=O)c1ccccc1. The van der Waals surface area contributed by atoms with Crippen molar-refractivity contribution in [3.8, 4) is 0 Å². The first kappa shape index (κ1) is 31.0. The Morgan fingerprint density at radius 3 is 2.17 bits per heavy atom. The van der Waals surface area contributed by atoms with Gasteiger partial charge in [0.25, 0.3) is 10.0 Å². The molecule has 0 aliphatic heterocycles. The van der Waals surface area contributed by atoms with Gasteiger partial charge < -0.3 is 10.2 Å². The number of carbonyl (C=O) groups excluding carboxylic acids is 2. The standard InChI is InChI=1S/C28H29ClF3N3O4S/c1-4-24(27(37)33-3)34(17-20-12-10-19(2)11-13-20)26(36)18-35(40(38,39)22-8-6-5-7-9-22)25-16-21(28(30,31)32)14-15-23(25)29/h5-16,24H,4,17-18H2,1-3H3,(H,33,37)/t24-/m0/s1. The van der Waals surface area contributed by atoms with Gasteiger partial charge in [0.1, 0.15) is 12.6 Å². The third kappa shape index (κ3) is 7.14. The highest BCUT2D eigenvalue weighted by atomic mass is 35.5. The van der Waals surface area contributed by atoms with Gasteiger partial charge in [-0.1, -0.05) is 66.6 Å². The van der Waals surface area contributed by atoms with E-state index in [1.54, 1.807) is 25.1 Å². The topological polar surface area (TPSA) is 86.8 Å². The van der Waals surface area contributed by atoms with Gasteiger partial charge in [-0.25, -0.2) is 8.42 Å². The second-order valence-corrected chi connectivity index (χ2v) is 11.3. The van der Waals surface area contributed by atoms with Crippen LogP contribution in [0.4, 0.5) is 18.9 Å². The molecule has 3 aromatic rings. The lowest BCUT2D eigenvalue weighted by atomic mass is 10.1. The van der Waals surface area contributed by atoms with Crippen molar-refractivity contribution in [3.63, 3.8) is 0 Å². The van der Waals surface area contributed by atoms with Crippen LogP contribution in [0.2, 0.25) is 5.02 Å². The van der Waals surface area contributed by atoms with Crippen molar-refractivity contribution in [3.05, 3.63) is 94.5 Å². The summed E-state index contributed by atoms with van der Waals surface area (Å²) in [5.74, 6) is -1.28. The molecule has 3 rings (SSSR count). The second kappa shape index (κ2) is 12.7. The zero-order valence-electron chi connectivity index (χ0n) is 22.1. The molecule has 3 aromatic carbocycles. The summed E-state index contributed by atoms with van der Waals surface area (Å²) in [4.78, 5) is 27.6. The van der Waals surface area contributed by atoms with Crippen LogP contribution in [0.3, 0.4) is 0 Å². The molecule has 0 bridgehead atoms. The fourth-order valence-corrected chi connectivity index (χ4v) is 5.81. The number of hydrogen-bond acceptors (Lipinski definition) is 4. The van der Waals surface area contributed by atoms with Gasteiger partial charge in [0.2, 0.25) is 11.8 Å². The number of nitrogens with zero attached hydrogens (tertiary/aromatic N) is 2. The molecular formula is C28H29ClF3N3O4S. The summed E-state index contributed by atoms with van der Waals surface area (Å²) >= 11 is 6.24. The molecule has 7 nitrogen and oxygen atoms in total. The summed E-state index contributed by atoms with van der Waals surface area (Å²) in [5.41, 5.74) is -0.00644. The van der Waals surface area contributed by atoms with Crippen molar-refractivity contribution in [2.24, 2.45) is 0 Å². The Balaban J connectivity index is 2.15. The van der Waals surface area contributed by atoms with Gasteiger partial charge in [0, 0.05) is 13.6 Å². The average Bonchev–Trinajstić information content (AvgIpc) is 2.92. The second-order valence-electron chi connectivity index (χ2n) is 9.03. The Morgan fingerprint density at radius 1 is 1.00 bits per heavy atom. The van der Waals surface area contributed by atoms with Crippen LogP contribution >= 0.6 is 11.6 Å². The highest BCUT2D eigenvalue weighted by Crippen LogP contribution is 2.37. The molecule has 0 fully saturated rings. The van der Waals surface area contributed by atoms with Crippen LogP contribution < -0.4 is 9.62 Å². The smallest absolute Gasteiger partial charge is 0.357 e. The number of sulfonamides is 1. The quantitative estimate of drug-likeness (QED) is 0.339. The van der Waals surface area contributed by atoms with E-state index in [9.17, 15) is 31.2 Å². The summed E-state index contributed by atoms with van der Waals surface area (Å²) in [6.07, 6.45) is -4.59. The van der Waals surface area contributed by atoms with Crippen molar-refractivity contribution in [2.45, 2.75) is 43.9 Å². The van der Waals surface area contributed by atoms with Gasteiger partial charge in [0.05, 0.1) is 21.2 Å². The van der Waals surface area contributed by atoms with Gasteiger partial charge in [-0.15, -0.1) is 0 Å². The Kier molecular flexibility index (Phi) is 9.86. The van der Waals surface area contributed by atoms with Crippen molar-refractivity contribution in [2.75, 3.05) is 17.9 Å². The monoisotopic (exact) mass is 595 g/mol. The number of nitrogens with one attached hydrogen (secondary N) is 1. The minimum Gasteiger partial charge on any atom is -0.357 e. The lowest BCUT2D eigenvalue weighted by Crippen LogP contribution is -2.51. The number of alkyl halides is 3. The van der Waals surface area contributed by atoms with Crippen LogP contribution in [-0.4, -0.2) is 44.8 Å². The Bertz CT molecular complexity index is 1450. The molecule has 0 aliphatic rings. The third-order valence-corrected chi connectivity index (χ3v) is 8.35. The number of hydrogen-bond donors (Lipinski definition) is 1. The Labute approximate surface area is 236 Å². The first-order valence-corrected chi connectivity index (χ1v) is 14.1. The number of likely N-dealkylation sites (N-methyl/N-ethyl adjacent to an activating group) is 1. The third-order valence-electron chi connectivity index (χ3n) is 6.26. The minimum absolute atomic E-state index is 0.0411. The molecule has 0 saturated heterocycles. The number of halogens is 4. The van der Waals surface area contributed by atoms with Crippen molar-refractivity contribution in [1.82, 2.24) is 10.2 Å². The van der Waals surface area contributed by atoms with E-state index in [0.29, 0.717) is 15.9 Å². The summed E-state index contributed by atoms with van der Waals surface area (Å²) < 4.78 is 68.9. The maximum absolute atomic E-state index is 13.9. The van der Waals surface area contributed by atoms with Gasteiger partial charge in [-0.3, -0.25) is 13.9 Å². The first-order chi connectivity index (χ1) is 18.8. The highest BCUT2D eigenvalue weighted by Gasteiger charge is 2.36. The number of carbonyl (C=O) groups is 2. The number of anilines is 1. The van der Waals surface area contributed by atoms with E-state index < -0.39 is 51.9 Å². The fraction of sp³-hybridized carbons (Fsp3) is 0.286. The van der Waals surface area contributed by atoms with E-state index in [4.69, 9.17) is 11.6 Å². The largest absolute Gasteiger partial charge is 0.416 e. The lowest BCUT2D eigenvalue weighted by molar-refractivity contribution is -0.140. The molecular weight excluding hydrogens is 567 g/mol. The van der Waals surface area contributed by atoms with Crippen LogP contribution in [-0.2, 0) is 32.3 Å². The molecule has 0 unspecified atom stereocenters. The molecule has 40 heavy (non-hydrogen) atoms. The molecule has 0 radical (unpaired) electrons. The zero-order chi connectivity index (χ0) is 29.7. The lowest BCUT2D eigenvalue weighted by Gasteiger charge is -2.33. The van der Waals surface area contributed by atoms with Crippen LogP contribution in [0, 0.1) is 6.92 Å². The summed E-state index contributed by atoms with van der Waals surface area (Å²) in [5, 5.41) is 2.21. The molecule has 0 aliphatic carbocycles. The van der Waals surface area contributed by atoms with Gasteiger partial charge in [-0.05, 0) is 49.2 Å². The van der Waals surface area contributed by atoms with Gasteiger partial charge in [0.15, 0.2) is 0 Å². The van der Waals surface area contributed by atoms with Crippen LogP contribution in [0.25, 0.3) is 0 Å². The molecule has 12 heteroatoms. The molecule has 1 N–H and O–H groups in total. The molecule has 0 spiro atoms. The first-order valence-electron chi connectivity index (χ1n) is 12.3. The molecule has 0 aromatic heterocycles. The summed E-state index contributed by atoms with van der Waals surface area (Å²) in [7, 11) is -3.16. The van der Waals surface area contributed by atoms with Gasteiger partial charge >= 0.3 is 6.18 Å². The maximum atomic E-state index is 13.9. The number of benzene rings is 3. The molecule has 214 valence electrons. The Hall–Kier alpha value is -3.57. The van der Waals surface area contributed by atoms with Crippen molar-refractivity contribution < 1.29 is 31.2 Å². The Morgan fingerprint density at radius 2 is 1.62 bits per heavy atom. The molecule has 0 saturated carbocycles. The van der Waals surface area contributed by atoms with E-state index in [1.165, 1.54) is 36.2 Å². The van der Waals surface area contributed by atoms with Crippen LogP contribution in [0.15, 0.2) is 77.7 Å². The van der Waals surface area contributed by atoms with E-state index in [0.717, 1.165) is 17.7 Å². The van der Waals surface area contributed by atoms with Crippen LogP contribution in [0.5, 0.6) is 0 Å². The molecule has 1 atom stereocenters. The number of rotatable bonds is 10. The number of amides is 2. The van der Waals surface area contributed by atoms with E-state index >= 15 is 0 Å². The van der Waals surface area contributed by atoms with Crippen molar-refractivity contribution in [1.29, 1.82) is 0 Å². The highest BCUT2D eigenvalue weighted by molar-refractivity contribution is 7.92. The maximum Gasteiger partial charge on any atom is 0.416 e. The number of aryl methyl sites for hydroxylation is 1. The normalized spacial score (nSPS) is 12.5. The zero-order valence-corrected chi connectivity index (χ0v) is 23.6. The van der Waals surface area contributed by atoms with E-state index in [-0.39, 0.29) is 22.9 Å². The summed E-state index contributed by atoms with van der Waals surface area (Å²) in [6, 6.07) is 15.5. The van der Waals surface area contributed by atoms with E-state index in [2.05, 4.69) is 5.32 Å². The molecule has 2 amide bonds. The van der Waals surface area contributed by atoms with E-state index in [1.807, 2.05) is 19.1 Å². The van der Waals surface area contributed by atoms with Crippen molar-refractivity contribution >= 4 is 39.1 Å². The fourth-order valence-electron chi connectivity index (χ4n) is 4.09. The van der Waals surface area contributed by atoms with Gasteiger partial charge in [-0.2, -0.15) is 13.2 Å². The van der Waals surface area contributed by atoms with Crippen LogP contribution in [0.1, 0.15) is 30.0 Å². The molecule has 0 heterocycles. The predicted octanol–water partition coefficient (Wildman–Crippen LogP) is 5.42.